The van der Waals surface area contributed by atoms with E-state index in [1.54, 1.807) is 0 Å². The standard InChI is InChI=1S/C25H52O2/c1-6-9-11-13-15-16-18-20-23-27-25(4,22-8-3)24(26-5)21-19-17-14-12-10-7-2/h24H,6-23H2,1-5H3. The van der Waals surface area contributed by atoms with E-state index in [4.69, 9.17) is 9.47 Å². The van der Waals surface area contributed by atoms with Crippen molar-refractivity contribution in [3.63, 3.8) is 0 Å². The molecular formula is C25H52O2. The third kappa shape index (κ3) is 14.6. The summed E-state index contributed by atoms with van der Waals surface area (Å²) in [6, 6.07) is 0. The lowest BCUT2D eigenvalue weighted by Crippen LogP contribution is -2.43. The second kappa shape index (κ2) is 19.2. The van der Waals surface area contributed by atoms with Crippen molar-refractivity contribution in [3.05, 3.63) is 0 Å². The Kier molecular flexibility index (Phi) is 19.2. The Hall–Kier alpha value is -0.0800. The zero-order chi connectivity index (χ0) is 20.2. The van der Waals surface area contributed by atoms with Crippen molar-refractivity contribution in [1.82, 2.24) is 0 Å². The molecule has 0 fully saturated rings. The van der Waals surface area contributed by atoms with E-state index in [1.807, 2.05) is 7.11 Å². The van der Waals surface area contributed by atoms with Gasteiger partial charge in [-0.15, -0.1) is 0 Å². The zero-order valence-corrected chi connectivity index (χ0v) is 19.6. The van der Waals surface area contributed by atoms with Crippen molar-refractivity contribution in [1.29, 1.82) is 0 Å². The highest BCUT2D eigenvalue weighted by Crippen LogP contribution is 2.28. The van der Waals surface area contributed by atoms with E-state index in [9.17, 15) is 0 Å². The van der Waals surface area contributed by atoms with Crippen molar-refractivity contribution in [2.24, 2.45) is 0 Å². The van der Waals surface area contributed by atoms with E-state index in [0.717, 1.165) is 25.9 Å². The molecule has 0 saturated carbocycles. The van der Waals surface area contributed by atoms with Crippen LogP contribution in [0.2, 0.25) is 0 Å². The molecule has 0 aliphatic rings. The summed E-state index contributed by atoms with van der Waals surface area (Å²) in [6.07, 6.45) is 22.5. The summed E-state index contributed by atoms with van der Waals surface area (Å²) in [4.78, 5) is 0. The van der Waals surface area contributed by atoms with Gasteiger partial charge in [-0.2, -0.15) is 0 Å². The van der Waals surface area contributed by atoms with E-state index in [1.165, 1.54) is 89.9 Å². The fourth-order valence-electron chi connectivity index (χ4n) is 4.15. The van der Waals surface area contributed by atoms with Crippen LogP contribution in [0.1, 0.15) is 137 Å². The van der Waals surface area contributed by atoms with Gasteiger partial charge in [-0.25, -0.2) is 0 Å². The fraction of sp³-hybridized carbons (Fsp3) is 1.00. The van der Waals surface area contributed by atoms with Gasteiger partial charge in [0, 0.05) is 13.7 Å². The van der Waals surface area contributed by atoms with Gasteiger partial charge in [-0.05, 0) is 26.2 Å². The van der Waals surface area contributed by atoms with Gasteiger partial charge < -0.3 is 9.47 Å². The first-order valence-corrected chi connectivity index (χ1v) is 12.3. The Balaban J connectivity index is 4.05. The minimum Gasteiger partial charge on any atom is -0.378 e. The quantitative estimate of drug-likeness (QED) is 0.185. The molecular weight excluding hydrogens is 332 g/mol. The molecule has 0 aliphatic heterocycles. The summed E-state index contributed by atoms with van der Waals surface area (Å²) in [6.45, 7) is 10.00. The molecule has 0 N–H and O–H groups in total. The van der Waals surface area contributed by atoms with Gasteiger partial charge in [-0.3, -0.25) is 0 Å². The predicted octanol–water partition coefficient (Wildman–Crippen LogP) is 8.47. The van der Waals surface area contributed by atoms with E-state index in [-0.39, 0.29) is 11.7 Å². The lowest BCUT2D eigenvalue weighted by molar-refractivity contribution is -0.133. The van der Waals surface area contributed by atoms with Crippen LogP contribution in [0.25, 0.3) is 0 Å². The maximum absolute atomic E-state index is 6.44. The molecule has 2 atom stereocenters. The minimum atomic E-state index is -0.117. The van der Waals surface area contributed by atoms with Gasteiger partial charge in [0.25, 0.3) is 0 Å². The average molecular weight is 385 g/mol. The zero-order valence-electron chi connectivity index (χ0n) is 19.6. The Morgan fingerprint density at radius 1 is 0.630 bits per heavy atom. The van der Waals surface area contributed by atoms with Gasteiger partial charge in [0.1, 0.15) is 0 Å². The number of hydrogen-bond acceptors (Lipinski definition) is 2. The molecule has 0 bridgehead atoms. The van der Waals surface area contributed by atoms with Crippen molar-refractivity contribution >= 4 is 0 Å². The molecule has 0 rings (SSSR count). The van der Waals surface area contributed by atoms with Gasteiger partial charge in [-0.1, -0.05) is 111 Å². The lowest BCUT2D eigenvalue weighted by Gasteiger charge is -2.37. The molecule has 0 heterocycles. The lowest BCUT2D eigenvalue weighted by atomic mass is 9.89. The molecule has 0 aromatic rings. The van der Waals surface area contributed by atoms with E-state index in [2.05, 4.69) is 27.7 Å². The van der Waals surface area contributed by atoms with Crippen LogP contribution in [-0.4, -0.2) is 25.4 Å². The van der Waals surface area contributed by atoms with Crippen LogP contribution in [0.5, 0.6) is 0 Å². The van der Waals surface area contributed by atoms with Crippen LogP contribution >= 0.6 is 0 Å². The average Bonchev–Trinajstić information content (AvgIpc) is 2.66. The van der Waals surface area contributed by atoms with Crippen molar-refractivity contribution < 1.29 is 9.47 Å². The summed E-state index contributed by atoms with van der Waals surface area (Å²) in [7, 11) is 1.87. The van der Waals surface area contributed by atoms with Crippen LogP contribution in [0.15, 0.2) is 0 Å². The Morgan fingerprint density at radius 2 is 1.11 bits per heavy atom. The minimum absolute atomic E-state index is 0.117. The topological polar surface area (TPSA) is 18.5 Å². The molecule has 0 spiro atoms. The largest absolute Gasteiger partial charge is 0.378 e. The second-order valence-corrected chi connectivity index (χ2v) is 8.67. The predicted molar refractivity (Wildman–Crippen MR) is 121 cm³/mol. The molecule has 0 aliphatic carbocycles. The van der Waals surface area contributed by atoms with Gasteiger partial charge in [0.05, 0.1) is 11.7 Å². The van der Waals surface area contributed by atoms with Crippen LogP contribution < -0.4 is 0 Å². The second-order valence-electron chi connectivity index (χ2n) is 8.67. The fourth-order valence-corrected chi connectivity index (χ4v) is 4.15. The monoisotopic (exact) mass is 384 g/mol. The third-order valence-electron chi connectivity index (χ3n) is 5.96. The van der Waals surface area contributed by atoms with Crippen LogP contribution in [0, 0.1) is 0 Å². The number of hydrogen-bond donors (Lipinski definition) is 0. The molecule has 164 valence electrons. The summed E-state index contributed by atoms with van der Waals surface area (Å²) in [5.74, 6) is 0. The Labute approximate surface area is 172 Å². The first-order valence-electron chi connectivity index (χ1n) is 12.3. The molecule has 0 aromatic heterocycles. The summed E-state index contributed by atoms with van der Waals surface area (Å²) >= 11 is 0. The third-order valence-corrected chi connectivity index (χ3v) is 5.96. The molecule has 0 radical (unpaired) electrons. The highest BCUT2D eigenvalue weighted by atomic mass is 16.5. The highest BCUT2D eigenvalue weighted by Gasteiger charge is 2.34. The molecule has 0 amide bonds. The van der Waals surface area contributed by atoms with Gasteiger partial charge >= 0.3 is 0 Å². The van der Waals surface area contributed by atoms with Crippen LogP contribution in [-0.2, 0) is 9.47 Å². The van der Waals surface area contributed by atoms with Crippen LogP contribution in [0.3, 0.4) is 0 Å². The first kappa shape index (κ1) is 26.9. The Bertz CT molecular complexity index is 292. The number of unbranched alkanes of at least 4 members (excludes halogenated alkanes) is 12. The van der Waals surface area contributed by atoms with E-state index < -0.39 is 0 Å². The first-order chi connectivity index (χ1) is 13.1. The van der Waals surface area contributed by atoms with Crippen molar-refractivity contribution in [3.8, 4) is 0 Å². The maximum atomic E-state index is 6.44. The number of ether oxygens (including phenoxy) is 2. The molecule has 2 heteroatoms. The SMILES string of the molecule is CCCCCCCCCCOC(C)(CCC)C(CCCCCCCC)OC. The summed E-state index contributed by atoms with van der Waals surface area (Å²) in [5, 5.41) is 0. The number of methoxy groups -OCH3 is 1. The Morgan fingerprint density at radius 3 is 1.59 bits per heavy atom. The van der Waals surface area contributed by atoms with Gasteiger partial charge in [0.15, 0.2) is 0 Å². The normalized spacial score (nSPS) is 15.0. The highest BCUT2D eigenvalue weighted by molar-refractivity contribution is 4.85. The smallest absolute Gasteiger partial charge is 0.0914 e. The molecule has 27 heavy (non-hydrogen) atoms. The van der Waals surface area contributed by atoms with E-state index >= 15 is 0 Å². The van der Waals surface area contributed by atoms with E-state index in [0.29, 0.717) is 0 Å². The number of rotatable bonds is 21. The maximum Gasteiger partial charge on any atom is 0.0914 e. The summed E-state index contributed by atoms with van der Waals surface area (Å²) in [5.41, 5.74) is -0.117. The molecule has 0 saturated heterocycles. The van der Waals surface area contributed by atoms with Crippen molar-refractivity contribution in [2.45, 2.75) is 149 Å². The van der Waals surface area contributed by atoms with Gasteiger partial charge in [0.2, 0.25) is 0 Å². The summed E-state index contributed by atoms with van der Waals surface area (Å²) < 4.78 is 12.3. The molecule has 0 aromatic carbocycles. The molecule has 2 nitrogen and oxygen atoms in total. The van der Waals surface area contributed by atoms with Crippen LogP contribution in [0.4, 0.5) is 0 Å². The molecule has 2 unspecified atom stereocenters. The van der Waals surface area contributed by atoms with Crippen molar-refractivity contribution in [2.75, 3.05) is 13.7 Å².